The van der Waals surface area contributed by atoms with Crippen molar-refractivity contribution < 1.29 is 4.74 Å². The van der Waals surface area contributed by atoms with Crippen LogP contribution in [0.4, 0.5) is 0 Å². The second kappa shape index (κ2) is 10.5. The molecule has 2 aromatic heterocycles. The Balaban J connectivity index is 1.23. The lowest BCUT2D eigenvalue weighted by Gasteiger charge is -2.39. The maximum Gasteiger partial charge on any atom is 0.235 e. The van der Waals surface area contributed by atoms with Gasteiger partial charge in [0.25, 0.3) is 0 Å². The summed E-state index contributed by atoms with van der Waals surface area (Å²) in [5, 5.41) is 5.75. The Bertz CT molecular complexity index is 3130. The van der Waals surface area contributed by atoms with Gasteiger partial charge in [-0.3, -0.25) is 4.57 Å². The van der Waals surface area contributed by atoms with Crippen LogP contribution < -0.4 is 4.74 Å². The molecule has 3 heterocycles. The first-order valence-electron chi connectivity index (χ1n) is 18.1. The third-order valence-electron chi connectivity index (χ3n) is 11.5. The number of aromatic nitrogens is 3. The highest BCUT2D eigenvalue weighted by molar-refractivity contribution is 6.16. The molecule has 53 heavy (non-hydrogen) atoms. The number of benzene rings is 8. The van der Waals surface area contributed by atoms with Gasteiger partial charge in [-0.2, -0.15) is 0 Å². The topological polar surface area (TPSA) is 39.9 Å². The molecule has 2 aliphatic rings. The van der Waals surface area contributed by atoms with Crippen molar-refractivity contribution in [3.8, 4) is 39.8 Å². The first-order valence-corrected chi connectivity index (χ1v) is 18.1. The van der Waals surface area contributed by atoms with Gasteiger partial charge in [-0.1, -0.05) is 146 Å². The molecule has 0 saturated carbocycles. The molecule has 0 saturated heterocycles. The van der Waals surface area contributed by atoms with Crippen LogP contribution in [0.1, 0.15) is 22.3 Å². The Labute approximate surface area is 305 Å². The van der Waals surface area contributed by atoms with Gasteiger partial charge < -0.3 is 4.74 Å². The largest absolute Gasteiger partial charge is 0.457 e. The molecule has 4 nitrogen and oxygen atoms in total. The van der Waals surface area contributed by atoms with E-state index in [9.17, 15) is 0 Å². The molecule has 1 aliphatic heterocycles. The molecule has 12 rings (SSSR count). The molecule has 246 valence electrons. The van der Waals surface area contributed by atoms with Gasteiger partial charge in [0.05, 0.1) is 27.7 Å². The van der Waals surface area contributed by atoms with Gasteiger partial charge in [-0.05, 0) is 57.8 Å². The normalized spacial score (nSPS) is 13.6. The van der Waals surface area contributed by atoms with Crippen LogP contribution >= 0.6 is 0 Å². The number of fused-ring (bicyclic) bond motifs is 15. The number of rotatable bonds is 2. The fraction of sp³-hybridized carbons (Fsp3) is 0.0204. The lowest BCUT2D eigenvalue weighted by molar-refractivity contribution is 0.436. The summed E-state index contributed by atoms with van der Waals surface area (Å²) in [6.45, 7) is 0. The van der Waals surface area contributed by atoms with Crippen LogP contribution in [-0.2, 0) is 5.41 Å². The molecule has 10 aromatic rings. The zero-order valence-corrected chi connectivity index (χ0v) is 28.5. The van der Waals surface area contributed by atoms with Crippen LogP contribution in [0.3, 0.4) is 0 Å². The van der Waals surface area contributed by atoms with Gasteiger partial charge in [-0.25, -0.2) is 9.97 Å². The van der Waals surface area contributed by atoms with Gasteiger partial charge in [0.15, 0.2) is 0 Å². The molecule has 0 atom stereocenters. The minimum absolute atomic E-state index is 0.576. The third kappa shape index (κ3) is 3.74. The summed E-state index contributed by atoms with van der Waals surface area (Å²) in [6.07, 6.45) is 0. The molecular formula is C49H29N3O. The summed E-state index contributed by atoms with van der Waals surface area (Å²) in [4.78, 5) is 10.9. The maximum atomic E-state index is 6.62. The predicted molar refractivity (Wildman–Crippen MR) is 214 cm³/mol. The Morgan fingerprint density at radius 1 is 0.472 bits per heavy atom. The first kappa shape index (κ1) is 28.6. The smallest absolute Gasteiger partial charge is 0.235 e. The highest BCUT2D eigenvalue weighted by atomic mass is 16.5. The van der Waals surface area contributed by atoms with Crippen LogP contribution in [0.2, 0.25) is 0 Å². The van der Waals surface area contributed by atoms with Crippen LogP contribution in [0.15, 0.2) is 176 Å². The van der Waals surface area contributed by atoms with Crippen molar-refractivity contribution in [1.29, 1.82) is 0 Å². The fourth-order valence-corrected chi connectivity index (χ4v) is 9.32. The van der Waals surface area contributed by atoms with E-state index in [-0.39, 0.29) is 0 Å². The van der Waals surface area contributed by atoms with Gasteiger partial charge in [0.2, 0.25) is 5.95 Å². The summed E-state index contributed by atoms with van der Waals surface area (Å²) in [7, 11) is 0. The van der Waals surface area contributed by atoms with E-state index in [0.29, 0.717) is 5.95 Å². The van der Waals surface area contributed by atoms with E-state index in [4.69, 9.17) is 14.7 Å². The van der Waals surface area contributed by atoms with Crippen molar-refractivity contribution in [2.45, 2.75) is 5.41 Å². The van der Waals surface area contributed by atoms with Crippen LogP contribution in [-0.4, -0.2) is 14.5 Å². The molecule has 1 spiro atoms. The molecule has 8 aromatic carbocycles. The van der Waals surface area contributed by atoms with E-state index in [2.05, 4.69) is 180 Å². The zero-order chi connectivity index (χ0) is 34.7. The lowest BCUT2D eigenvalue weighted by Crippen LogP contribution is -2.32. The van der Waals surface area contributed by atoms with Crippen molar-refractivity contribution in [2.75, 3.05) is 0 Å². The van der Waals surface area contributed by atoms with E-state index >= 15 is 0 Å². The standard InChI is InChI=1S/C49H29N3O/c1-2-14-31-29-32(26-25-30(31)13-1)46-36-17-4-9-21-41(36)50-48(51-46)52-42-22-10-5-15-33(42)34-27-28-40-45(47(34)52)35-16-3-6-18-37(35)49(40)38-19-7-11-23-43(38)53-44-24-12-8-20-39(44)49/h1-29H. The minimum Gasteiger partial charge on any atom is -0.457 e. The van der Waals surface area contributed by atoms with E-state index in [0.717, 1.165) is 55.8 Å². The van der Waals surface area contributed by atoms with Crippen LogP contribution in [0.25, 0.3) is 71.8 Å². The summed E-state index contributed by atoms with van der Waals surface area (Å²) in [5.74, 6) is 2.41. The van der Waals surface area contributed by atoms with E-state index < -0.39 is 5.41 Å². The number of hydrogen-bond acceptors (Lipinski definition) is 3. The Hall–Kier alpha value is -7.04. The van der Waals surface area contributed by atoms with Gasteiger partial charge in [0.1, 0.15) is 11.5 Å². The molecule has 0 amide bonds. The molecule has 0 fully saturated rings. The number of hydrogen-bond donors (Lipinski definition) is 0. The summed E-state index contributed by atoms with van der Waals surface area (Å²) in [5.41, 5.74) is 11.7. The maximum absolute atomic E-state index is 6.62. The predicted octanol–water partition coefficient (Wildman–Crippen LogP) is 12.0. The number of para-hydroxylation sites is 4. The highest BCUT2D eigenvalue weighted by Crippen LogP contribution is 2.63. The average molecular weight is 676 g/mol. The van der Waals surface area contributed by atoms with E-state index in [1.54, 1.807) is 0 Å². The van der Waals surface area contributed by atoms with Crippen molar-refractivity contribution in [2.24, 2.45) is 0 Å². The molecule has 0 unspecified atom stereocenters. The lowest BCUT2D eigenvalue weighted by atomic mass is 9.66. The Morgan fingerprint density at radius 2 is 1.13 bits per heavy atom. The Kier molecular flexibility index (Phi) is 5.67. The zero-order valence-electron chi connectivity index (χ0n) is 28.5. The van der Waals surface area contributed by atoms with Crippen LogP contribution in [0, 0.1) is 0 Å². The molecular weight excluding hydrogens is 647 g/mol. The van der Waals surface area contributed by atoms with Gasteiger partial charge in [0, 0.05) is 38.4 Å². The van der Waals surface area contributed by atoms with Crippen molar-refractivity contribution >= 4 is 43.5 Å². The summed E-state index contributed by atoms with van der Waals surface area (Å²) in [6, 6.07) is 62.8. The first-order chi connectivity index (χ1) is 26.3. The second-order valence-electron chi connectivity index (χ2n) is 14.1. The van der Waals surface area contributed by atoms with Crippen molar-refractivity contribution in [3.05, 3.63) is 198 Å². The number of ether oxygens (including phenoxy) is 1. The summed E-state index contributed by atoms with van der Waals surface area (Å²) < 4.78 is 8.93. The van der Waals surface area contributed by atoms with E-state index in [1.165, 1.54) is 43.8 Å². The van der Waals surface area contributed by atoms with Crippen molar-refractivity contribution in [1.82, 2.24) is 14.5 Å². The second-order valence-corrected chi connectivity index (χ2v) is 14.1. The van der Waals surface area contributed by atoms with E-state index in [1.807, 2.05) is 0 Å². The SMILES string of the molecule is c1ccc2c(c1)Oc1ccccc1C21c2ccccc2-c2c1ccc1c3ccccc3n(-c3nc(-c4ccc5ccccc5c4)c4ccccc4n3)c21. The molecule has 0 radical (unpaired) electrons. The van der Waals surface area contributed by atoms with Gasteiger partial charge in [-0.15, -0.1) is 0 Å². The molecule has 4 heteroatoms. The number of nitrogens with zero attached hydrogens (tertiary/aromatic N) is 3. The van der Waals surface area contributed by atoms with Crippen LogP contribution in [0.5, 0.6) is 11.5 Å². The third-order valence-corrected chi connectivity index (χ3v) is 11.5. The van der Waals surface area contributed by atoms with Gasteiger partial charge >= 0.3 is 0 Å². The fourth-order valence-electron chi connectivity index (χ4n) is 9.32. The molecule has 0 N–H and O–H groups in total. The summed E-state index contributed by atoms with van der Waals surface area (Å²) >= 11 is 0. The quantitative estimate of drug-likeness (QED) is 0.183. The minimum atomic E-state index is -0.576. The average Bonchev–Trinajstić information content (AvgIpc) is 3.71. The Morgan fingerprint density at radius 3 is 1.96 bits per heavy atom. The van der Waals surface area contributed by atoms with Crippen molar-refractivity contribution in [3.63, 3.8) is 0 Å². The molecule has 1 aliphatic carbocycles. The highest BCUT2D eigenvalue weighted by Gasteiger charge is 2.51. The molecule has 0 bridgehead atoms. The monoisotopic (exact) mass is 675 g/mol.